The maximum Gasteiger partial charge on any atom is 0.228 e. The number of carbonyl (C=O) groups excluding carboxylic acids is 2. The van der Waals surface area contributed by atoms with Crippen LogP contribution in [0.5, 0.6) is 0 Å². The fourth-order valence-electron chi connectivity index (χ4n) is 4.34. The lowest BCUT2D eigenvalue weighted by Crippen LogP contribution is -2.52. The van der Waals surface area contributed by atoms with Gasteiger partial charge in [-0.05, 0) is 31.2 Å². The molecule has 1 atom stereocenters. The molecule has 142 valence electrons. The van der Waals surface area contributed by atoms with Crippen molar-refractivity contribution in [3.8, 4) is 0 Å². The van der Waals surface area contributed by atoms with Crippen LogP contribution in [0.25, 0.3) is 0 Å². The second-order valence-corrected chi connectivity index (χ2v) is 7.72. The summed E-state index contributed by atoms with van der Waals surface area (Å²) in [5, 5.41) is 3.25. The smallest absolute Gasteiger partial charge is 0.228 e. The van der Waals surface area contributed by atoms with Crippen molar-refractivity contribution in [1.82, 2.24) is 19.8 Å². The van der Waals surface area contributed by atoms with Crippen LogP contribution >= 0.6 is 0 Å². The number of amides is 2. The Morgan fingerprint density at radius 2 is 2.00 bits per heavy atom. The van der Waals surface area contributed by atoms with Crippen LogP contribution in [0.2, 0.25) is 0 Å². The Morgan fingerprint density at radius 3 is 2.70 bits per heavy atom. The van der Waals surface area contributed by atoms with E-state index in [2.05, 4.69) is 10.3 Å². The Morgan fingerprint density at radius 1 is 1.22 bits per heavy atom. The molecule has 2 aliphatic heterocycles. The molecule has 2 amide bonds. The molecule has 1 aromatic carbocycles. The van der Waals surface area contributed by atoms with Gasteiger partial charge in [0, 0.05) is 44.0 Å². The van der Waals surface area contributed by atoms with E-state index in [0.29, 0.717) is 6.42 Å². The summed E-state index contributed by atoms with van der Waals surface area (Å²) in [5.74, 6) is 0.277. The molecule has 6 nitrogen and oxygen atoms in total. The molecule has 4 rings (SSSR count). The van der Waals surface area contributed by atoms with Crippen molar-refractivity contribution in [2.45, 2.75) is 50.1 Å². The minimum absolute atomic E-state index is 0.0661. The Bertz CT molecular complexity index is 780. The van der Waals surface area contributed by atoms with E-state index in [1.165, 1.54) is 0 Å². The number of piperidine rings is 1. The van der Waals surface area contributed by atoms with E-state index < -0.39 is 0 Å². The third-order valence-electron chi connectivity index (χ3n) is 5.94. The summed E-state index contributed by atoms with van der Waals surface area (Å²) < 4.78 is 2.00. The second kappa shape index (κ2) is 7.55. The van der Waals surface area contributed by atoms with Crippen LogP contribution in [-0.2, 0) is 16.1 Å². The van der Waals surface area contributed by atoms with E-state index in [1.807, 2.05) is 46.0 Å². The third kappa shape index (κ3) is 3.89. The van der Waals surface area contributed by atoms with Gasteiger partial charge in [0.05, 0.1) is 12.2 Å². The van der Waals surface area contributed by atoms with Gasteiger partial charge < -0.3 is 14.8 Å². The zero-order valence-electron chi connectivity index (χ0n) is 15.5. The summed E-state index contributed by atoms with van der Waals surface area (Å²) in [6, 6.07) is 10.0. The maximum atomic E-state index is 12.5. The molecule has 1 spiro atoms. The number of likely N-dealkylation sites (tertiary alicyclic amines) is 1. The fraction of sp³-hybridized carbons (Fsp3) is 0.476. The standard InChI is InChI=1S/C21H26N4O2/c26-19(7-4-11-24-14-10-22-16-24)25-12-8-21(9-13-25)15-18(20(27)23-21)17-5-2-1-3-6-17/h1-3,5-6,10,14,16,18H,4,7-9,11-13,15H2,(H,23,27). The molecule has 0 radical (unpaired) electrons. The molecule has 1 N–H and O–H groups in total. The Kier molecular flexibility index (Phi) is 4.97. The van der Waals surface area contributed by atoms with Gasteiger partial charge in [-0.15, -0.1) is 0 Å². The highest BCUT2D eigenvalue weighted by atomic mass is 16.2. The van der Waals surface area contributed by atoms with Crippen molar-refractivity contribution in [3.05, 3.63) is 54.6 Å². The first kappa shape index (κ1) is 17.8. The molecule has 1 unspecified atom stereocenters. The molecule has 2 fully saturated rings. The molecular formula is C21H26N4O2. The number of hydrogen-bond acceptors (Lipinski definition) is 3. The quantitative estimate of drug-likeness (QED) is 0.883. The Balaban J connectivity index is 1.28. The molecule has 2 aliphatic rings. The predicted molar refractivity (Wildman–Crippen MR) is 102 cm³/mol. The minimum Gasteiger partial charge on any atom is -0.350 e. The van der Waals surface area contributed by atoms with E-state index in [0.717, 1.165) is 50.9 Å². The molecule has 0 saturated carbocycles. The fourth-order valence-corrected chi connectivity index (χ4v) is 4.34. The van der Waals surface area contributed by atoms with Crippen LogP contribution in [0.1, 0.15) is 43.6 Å². The Hall–Kier alpha value is -2.63. The highest BCUT2D eigenvalue weighted by Gasteiger charge is 2.46. The SMILES string of the molecule is O=C1NC2(CCN(C(=O)CCCn3ccnc3)CC2)CC1c1ccccc1. The number of nitrogens with one attached hydrogen (secondary N) is 1. The average Bonchev–Trinajstić information content (AvgIpc) is 3.31. The van der Waals surface area contributed by atoms with Gasteiger partial charge in [0.1, 0.15) is 0 Å². The van der Waals surface area contributed by atoms with E-state index in [4.69, 9.17) is 0 Å². The third-order valence-corrected chi connectivity index (χ3v) is 5.94. The largest absolute Gasteiger partial charge is 0.350 e. The van der Waals surface area contributed by atoms with Gasteiger partial charge in [-0.1, -0.05) is 30.3 Å². The van der Waals surface area contributed by atoms with Crippen molar-refractivity contribution < 1.29 is 9.59 Å². The van der Waals surface area contributed by atoms with Crippen LogP contribution in [0, 0.1) is 0 Å². The van der Waals surface area contributed by atoms with Crippen molar-refractivity contribution in [2.24, 2.45) is 0 Å². The van der Waals surface area contributed by atoms with Crippen LogP contribution in [-0.4, -0.2) is 44.9 Å². The topological polar surface area (TPSA) is 67.2 Å². The molecule has 27 heavy (non-hydrogen) atoms. The summed E-state index contributed by atoms with van der Waals surface area (Å²) in [5.41, 5.74) is 0.940. The lowest BCUT2D eigenvalue weighted by atomic mass is 9.82. The second-order valence-electron chi connectivity index (χ2n) is 7.72. The molecule has 2 aromatic rings. The van der Waals surface area contributed by atoms with Crippen LogP contribution in [0.4, 0.5) is 0 Å². The summed E-state index contributed by atoms with van der Waals surface area (Å²) in [6.07, 6.45) is 9.35. The molecule has 1 aromatic heterocycles. The molecule has 2 saturated heterocycles. The Labute approximate surface area is 159 Å². The number of carbonyl (C=O) groups is 2. The first-order valence-electron chi connectivity index (χ1n) is 9.76. The molecule has 6 heteroatoms. The van der Waals surface area contributed by atoms with Crippen LogP contribution in [0.3, 0.4) is 0 Å². The van der Waals surface area contributed by atoms with Gasteiger partial charge in [-0.25, -0.2) is 4.98 Å². The van der Waals surface area contributed by atoms with E-state index in [1.54, 1.807) is 12.5 Å². The lowest BCUT2D eigenvalue weighted by molar-refractivity contribution is -0.133. The monoisotopic (exact) mass is 366 g/mol. The maximum absolute atomic E-state index is 12.5. The molecule has 0 bridgehead atoms. The van der Waals surface area contributed by atoms with Gasteiger partial charge in [0.2, 0.25) is 11.8 Å². The van der Waals surface area contributed by atoms with Gasteiger partial charge in [0.25, 0.3) is 0 Å². The first-order valence-corrected chi connectivity index (χ1v) is 9.76. The molecule has 3 heterocycles. The highest BCUT2D eigenvalue weighted by molar-refractivity contribution is 5.87. The number of imidazole rings is 1. The van der Waals surface area contributed by atoms with Crippen LogP contribution < -0.4 is 5.32 Å². The van der Waals surface area contributed by atoms with Crippen molar-refractivity contribution in [2.75, 3.05) is 13.1 Å². The van der Waals surface area contributed by atoms with Gasteiger partial charge >= 0.3 is 0 Å². The predicted octanol–water partition coefficient (Wildman–Crippen LogP) is 2.33. The number of rotatable bonds is 5. The number of hydrogen-bond donors (Lipinski definition) is 1. The summed E-state index contributed by atoms with van der Waals surface area (Å²) >= 11 is 0. The zero-order chi connectivity index (χ0) is 18.7. The van der Waals surface area contributed by atoms with Crippen molar-refractivity contribution in [3.63, 3.8) is 0 Å². The van der Waals surface area contributed by atoms with E-state index in [-0.39, 0.29) is 23.3 Å². The van der Waals surface area contributed by atoms with Crippen molar-refractivity contribution in [1.29, 1.82) is 0 Å². The zero-order valence-corrected chi connectivity index (χ0v) is 15.5. The summed E-state index contributed by atoms with van der Waals surface area (Å²) in [6.45, 7) is 2.27. The van der Waals surface area contributed by atoms with Gasteiger partial charge in [-0.2, -0.15) is 0 Å². The van der Waals surface area contributed by atoms with E-state index in [9.17, 15) is 9.59 Å². The normalized spacial score (nSPS) is 21.4. The number of benzene rings is 1. The number of aryl methyl sites for hydroxylation is 1. The summed E-state index contributed by atoms with van der Waals surface area (Å²) in [4.78, 5) is 31.0. The van der Waals surface area contributed by atoms with Crippen molar-refractivity contribution >= 4 is 11.8 Å². The first-order chi connectivity index (χ1) is 13.2. The van der Waals surface area contributed by atoms with Gasteiger partial charge in [-0.3, -0.25) is 9.59 Å². The van der Waals surface area contributed by atoms with Crippen LogP contribution in [0.15, 0.2) is 49.1 Å². The minimum atomic E-state index is -0.148. The summed E-state index contributed by atoms with van der Waals surface area (Å²) in [7, 11) is 0. The lowest BCUT2D eigenvalue weighted by Gasteiger charge is -2.39. The number of nitrogens with zero attached hydrogens (tertiary/aromatic N) is 3. The van der Waals surface area contributed by atoms with Gasteiger partial charge in [0.15, 0.2) is 0 Å². The molecule has 0 aliphatic carbocycles. The molecular weight excluding hydrogens is 340 g/mol. The average molecular weight is 366 g/mol. The highest BCUT2D eigenvalue weighted by Crippen LogP contribution is 2.39. The number of aromatic nitrogens is 2. The van der Waals surface area contributed by atoms with E-state index >= 15 is 0 Å².